The minimum atomic E-state index is -5.24. The summed E-state index contributed by atoms with van der Waals surface area (Å²) in [5.41, 5.74) is -1.29. The molecule has 0 saturated heterocycles. The van der Waals surface area contributed by atoms with Gasteiger partial charge in [-0.2, -0.15) is 13.2 Å². The van der Waals surface area contributed by atoms with Gasteiger partial charge in [0.25, 0.3) is 5.78 Å². The molecule has 0 aliphatic carbocycles. The molecule has 0 saturated carbocycles. The molecule has 9 heteroatoms. The number of azo groups is 1. The van der Waals surface area contributed by atoms with Crippen molar-refractivity contribution in [1.29, 1.82) is 0 Å². The lowest BCUT2D eigenvalue weighted by molar-refractivity contribution is -0.166. The van der Waals surface area contributed by atoms with E-state index in [-0.39, 0.29) is 16.3 Å². The Labute approximate surface area is 150 Å². The average molecular weight is 389 g/mol. The van der Waals surface area contributed by atoms with Crippen molar-refractivity contribution in [3.8, 4) is 0 Å². The van der Waals surface area contributed by atoms with Gasteiger partial charge in [0.05, 0.1) is 5.02 Å². The van der Waals surface area contributed by atoms with Gasteiger partial charge in [0.1, 0.15) is 5.69 Å². The molecule has 0 atom stereocenters. The standard InChI is InChI=1S/C16H9Cl2F3N2O2/c17-10-7-5-9(6-8-10)14(24)13(15(25)16(19,20)21)23-22-12-4-2-1-3-11(12)18/h1-8,24H. The van der Waals surface area contributed by atoms with Crippen molar-refractivity contribution >= 4 is 40.4 Å². The van der Waals surface area contributed by atoms with Crippen LogP contribution >= 0.6 is 23.2 Å². The fourth-order valence-corrected chi connectivity index (χ4v) is 2.02. The first-order valence-corrected chi connectivity index (χ1v) is 7.42. The van der Waals surface area contributed by atoms with Crippen molar-refractivity contribution in [2.24, 2.45) is 10.2 Å². The molecule has 2 aromatic carbocycles. The van der Waals surface area contributed by atoms with Gasteiger partial charge < -0.3 is 5.11 Å². The van der Waals surface area contributed by atoms with Crippen LogP contribution in [0, 0.1) is 0 Å². The summed E-state index contributed by atoms with van der Waals surface area (Å²) >= 11 is 11.5. The number of hydrogen-bond acceptors (Lipinski definition) is 4. The number of aliphatic hydroxyl groups excluding tert-OH is 1. The topological polar surface area (TPSA) is 62.0 Å². The largest absolute Gasteiger partial charge is 0.505 e. The average Bonchev–Trinajstić information content (AvgIpc) is 2.56. The number of halogens is 5. The van der Waals surface area contributed by atoms with Crippen LogP contribution in [0.15, 0.2) is 64.5 Å². The Morgan fingerprint density at radius 2 is 1.60 bits per heavy atom. The van der Waals surface area contributed by atoms with Crippen LogP contribution in [-0.2, 0) is 4.79 Å². The van der Waals surface area contributed by atoms with Crippen molar-refractivity contribution in [2.45, 2.75) is 6.18 Å². The van der Waals surface area contributed by atoms with Crippen LogP contribution < -0.4 is 0 Å². The van der Waals surface area contributed by atoms with E-state index in [9.17, 15) is 23.1 Å². The summed E-state index contributed by atoms with van der Waals surface area (Å²) in [4.78, 5) is 11.6. The first-order chi connectivity index (χ1) is 11.7. The lowest BCUT2D eigenvalue weighted by Gasteiger charge is -2.08. The first kappa shape index (κ1) is 19.0. The van der Waals surface area contributed by atoms with E-state index in [2.05, 4.69) is 10.2 Å². The number of carbonyl (C=O) groups excluding carboxylic acids is 1. The molecule has 2 rings (SSSR count). The highest BCUT2D eigenvalue weighted by atomic mass is 35.5. The lowest BCUT2D eigenvalue weighted by atomic mass is 10.1. The van der Waals surface area contributed by atoms with Crippen molar-refractivity contribution < 1.29 is 23.1 Å². The van der Waals surface area contributed by atoms with Gasteiger partial charge in [0.2, 0.25) is 0 Å². The van der Waals surface area contributed by atoms with Crippen LogP contribution in [0.1, 0.15) is 5.56 Å². The summed E-state index contributed by atoms with van der Waals surface area (Å²) in [6, 6.07) is 11.1. The second-order valence-corrected chi connectivity index (χ2v) is 5.53. The Hall–Kier alpha value is -2.38. The molecule has 0 aliphatic heterocycles. The Bertz CT molecular complexity index is 847. The van der Waals surface area contributed by atoms with Crippen molar-refractivity contribution in [1.82, 2.24) is 0 Å². The molecule has 0 radical (unpaired) electrons. The van der Waals surface area contributed by atoms with E-state index in [4.69, 9.17) is 23.2 Å². The molecule has 25 heavy (non-hydrogen) atoms. The SMILES string of the molecule is O=C(C(N=Nc1ccccc1Cl)=C(O)c1ccc(Cl)cc1)C(F)(F)F. The number of hydrogen-bond donors (Lipinski definition) is 1. The third-order valence-electron chi connectivity index (χ3n) is 2.92. The van der Waals surface area contributed by atoms with Crippen LogP contribution in [0.2, 0.25) is 10.0 Å². The van der Waals surface area contributed by atoms with Gasteiger partial charge in [0, 0.05) is 10.6 Å². The third kappa shape index (κ3) is 4.80. The van der Waals surface area contributed by atoms with Crippen LogP contribution in [-0.4, -0.2) is 17.1 Å². The van der Waals surface area contributed by atoms with Gasteiger partial charge in [-0.3, -0.25) is 4.79 Å². The number of rotatable bonds is 4. The molecule has 4 nitrogen and oxygen atoms in total. The summed E-state index contributed by atoms with van der Waals surface area (Å²) in [5, 5.41) is 17.3. The smallest absolute Gasteiger partial charge is 0.456 e. The van der Waals surface area contributed by atoms with Gasteiger partial charge in [-0.25, -0.2) is 0 Å². The van der Waals surface area contributed by atoms with Crippen LogP contribution in [0.25, 0.3) is 5.76 Å². The second kappa shape index (κ2) is 7.67. The van der Waals surface area contributed by atoms with Gasteiger partial charge in [0.15, 0.2) is 11.5 Å². The van der Waals surface area contributed by atoms with Crippen LogP contribution in [0.3, 0.4) is 0 Å². The van der Waals surface area contributed by atoms with E-state index in [1.807, 2.05) is 0 Å². The molecule has 1 N–H and O–H groups in total. The molecule has 0 aromatic heterocycles. The molecule has 0 heterocycles. The Morgan fingerprint density at radius 3 is 2.16 bits per heavy atom. The van der Waals surface area contributed by atoms with Crippen LogP contribution in [0.4, 0.5) is 18.9 Å². The Kier molecular flexibility index (Phi) is 5.81. The van der Waals surface area contributed by atoms with E-state index < -0.39 is 23.4 Å². The summed E-state index contributed by atoms with van der Waals surface area (Å²) in [6.45, 7) is 0. The number of alkyl halides is 3. The molecule has 2 aromatic rings. The van der Waals surface area contributed by atoms with E-state index in [1.54, 1.807) is 6.07 Å². The monoisotopic (exact) mass is 388 g/mol. The second-order valence-electron chi connectivity index (χ2n) is 4.68. The van der Waals surface area contributed by atoms with Gasteiger partial charge in [-0.15, -0.1) is 10.2 Å². The first-order valence-electron chi connectivity index (χ1n) is 6.67. The molecule has 0 amide bonds. The zero-order chi connectivity index (χ0) is 18.6. The number of aliphatic hydroxyl groups is 1. The minimum absolute atomic E-state index is 0.0422. The van der Waals surface area contributed by atoms with E-state index >= 15 is 0 Å². The number of Topliss-reactive ketones (excluding diaryl/α,β-unsaturated/α-hetero) is 1. The quantitative estimate of drug-likeness (QED) is 0.388. The number of carbonyl (C=O) groups is 1. The fraction of sp³-hybridized carbons (Fsp3) is 0.0625. The minimum Gasteiger partial charge on any atom is -0.505 e. The maximum atomic E-state index is 12.8. The zero-order valence-electron chi connectivity index (χ0n) is 12.3. The third-order valence-corrected chi connectivity index (χ3v) is 3.50. The predicted octanol–water partition coefficient (Wildman–Crippen LogP) is 6.14. The number of nitrogens with zero attached hydrogens (tertiary/aromatic N) is 2. The van der Waals surface area contributed by atoms with E-state index in [0.29, 0.717) is 5.02 Å². The van der Waals surface area contributed by atoms with Crippen molar-refractivity contribution in [3.63, 3.8) is 0 Å². The highest BCUT2D eigenvalue weighted by Gasteiger charge is 2.43. The molecule has 130 valence electrons. The van der Waals surface area contributed by atoms with E-state index in [1.165, 1.54) is 42.5 Å². The summed E-state index contributed by atoms with van der Waals surface area (Å²) in [6.07, 6.45) is -5.24. The maximum Gasteiger partial charge on any atom is 0.456 e. The lowest BCUT2D eigenvalue weighted by Crippen LogP contribution is -2.24. The van der Waals surface area contributed by atoms with E-state index in [0.717, 1.165) is 0 Å². The fourth-order valence-electron chi connectivity index (χ4n) is 1.72. The molecule has 0 bridgehead atoms. The number of benzene rings is 2. The highest BCUT2D eigenvalue weighted by molar-refractivity contribution is 6.33. The number of allylic oxidation sites excluding steroid dienone is 1. The van der Waals surface area contributed by atoms with Crippen molar-refractivity contribution in [2.75, 3.05) is 0 Å². The molecule has 0 aliphatic rings. The molecular formula is C16H9Cl2F3N2O2. The Balaban J connectivity index is 2.54. The normalized spacial score (nSPS) is 13.0. The maximum absolute atomic E-state index is 12.8. The van der Waals surface area contributed by atoms with Gasteiger partial charge >= 0.3 is 6.18 Å². The molecule has 0 fully saturated rings. The zero-order valence-corrected chi connectivity index (χ0v) is 13.8. The summed E-state index contributed by atoms with van der Waals surface area (Å²) in [7, 11) is 0. The van der Waals surface area contributed by atoms with Gasteiger partial charge in [-0.05, 0) is 36.4 Å². The number of ketones is 1. The Morgan fingerprint density at radius 1 is 1.00 bits per heavy atom. The van der Waals surface area contributed by atoms with Crippen LogP contribution in [0.5, 0.6) is 0 Å². The highest BCUT2D eigenvalue weighted by Crippen LogP contribution is 2.30. The summed E-state index contributed by atoms with van der Waals surface area (Å²) in [5.74, 6) is -3.31. The molecular weight excluding hydrogens is 380 g/mol. The summed E-state index contributed by atoms with van der Waals surface area (Å²) < 4.78 is 38.4. The molecule has 0 unspecified atom stereocenters. The van der Waals surface area contributed by atoms with Gasteiger partial charge in [-0.1, -0.05) is 35.3 Å². The predicted molar refractivity (Wildman–Crippen MR) is 88.0 cm³/mol. The molecule has 0 spiro atoms. The van der Waals surface area contributed by atoms with Crippen molar-refractivity contribution in [3.05, 3.63) is 69.8 Å².